The number of carbonyl (C=O) groups excluding carboxylic acids is 2. The Morgan fingerprint density at radius 1 is 1.28 bits per heavy atom. The minimum Gasteiger partial charge on any atom is -0.395 e. The Labute approximate surface area is 171 Å². The van der Waals surface area contributed by atoms with Gasteiger partial charge in [0.15, 0.2) is 0 Å². The number of hydrogen-bond donors (Lipinski definition) is 1. The molecule has 29 heavy (non-hydrogen) atoms. The maximum Gasteiger partial charge on any atom is 0.327 e. The Bertz CT molecular complexity index is 853. The van der Waals surface area contributed by atoms with Crippen LogP contribution in [0, 0.1) is 31.1 Å². The van der Waals surface area contributed by atoms with Gasteiger partial charge in [-0.1, -0.05) is 13.8 Å². The summed E-state index contributed by atoms with van der Waals surface area (Å²) < 4.78 is 0. The molecule has 1 aromatic heterocycles. The number of β-amino-alcohol motifs (C(OH)–C–C–N with tert-alkyl or cyclic N) is 1. The summed E-state index contributed by atoms with van der Waals surface area (Å²) in [6.45, 7) is 9.19. The van der Waals surface area contributed by atoms with Gasteiger partial charge in [-0.25, -0.2) is 9.78 Å². The molecule has 0 radical (unpaired) electrons. The minimum atomic E-state index is -0.876. The molecule has 0 bridgehead atoms. The van der Waals surface area contributed by atoms with E-state index in [-0.39, 0.29) is 31.0 Å². The second-order valence-electron chi connectivity index (χ2n) is 8.38. The first-order valence-corrected chi connectivity index (χ1v) is 10.1. The van der Waals surface area contributed by atoms with Crippen LogP contribution in [0.3, 0.4) is 0 Å². The summed E-state index contributed by atoms with van der Waals surface area (Å²) in [7, 11) is 0. The maximum absolute atomic E-state index is 13.2. The highest BCUT2D eigenvalue weighted by Crippen LogP contribution is 2.39. The van der Waals surface area contributed by atoms with Gasteiger partial charge in [-0.3, -0.25) is 9.69 Å². The molecule has 0 unspecified atom stereocenters. The van der Waals surface area contributed by atoms with E-state index in [1.54, 1.807) is 4.90 Å². The van der Waals surface area contributed by atoms with E-state index >= 15 is 0 Å². The summed E-state index contributed by atoms with van der Waals surface area (Å²) in [5, 5.41) is 18.9. The molecule has 0 aliphatic carbocycles. The van der Waals surface area contributed by atoms with E-state index in [4.69, 9.17) is 0 Å². The number of carbonyl (C=O) groups is 2. The smallest absolute Gasteiger partial charge is 0.327 e. The average Bonchev–Trinajstić information content (AvgIpc) is 2.84. The van der Waals surface area contributed by atoms with Crippen molar-refractivity contribution >= 4 is 17.8 Å². The number of nitriles is 1. The lowest BCUT2D eigenvalue weighted by atomic mass is 9.85. The molecule has 1 spiro atoms. The van der Waals surface area contributed by atoms with Gasteiger partial charge in [-0.15, -0.1) is 0 Å². The Hall–Kier alpha value is -2.66. The van der Waals surface area contributed by atoms with Crippen LogP contribution in [0.4, 0.5) is 10.6 Å². The normalized spacial score (nSPS) is 18.9. The number of pyridine rings is 1. The molecule has 2 aliphatic rings. The second-order valence-corrected chi connectivity index (χ2v) is 8.38. The van der Waals surface area contributed by atoms with Gasteiger partial charge in [0.1, 0.15) is 17.4 Å². The van der Waals surface area contributed by atoms with Crippen LogP contribution >= 0.6 is 0 Å². The molecule has 1 aromatic rings. The van der Waals surface area contributed by atoms with Crippen LogP contribution in [-0.4, -0.2) is 70.2 Å². The van der Waals surface area contributed by atoms with Crippen molar-refractivity contribution in [2.24, 2.45) is 5.92 Å². The highest BCUT2D eigenvalue weighted by atomic mass is 16.3. The predicted octanol–water partition coefficient (Wildman–Crippen LogP) is 1.82. The molecule has 1 N–H and O–H groups in total. The van der Waals surface area contributed by atoms with Crippen molar-refractivity contribution in [3.8, 4) is 6.07 Å². The van der Waals surface area contributed by atoms with Crippen molar-refractivity contribution < 1.29 is 14.7 Å². The standard InChI is InChI=1S/C21H29N5O3/c1-14(2)13-26-20(29)25(9-10-27)19(28)21(26)5-7-24(8-6-21)18-17(12-22)15(3)11-16(4)23-18/h11,14,27H,5-10,13H2,1-4H3. The number of piperidine rings is 1. The number of nitrogens with zero attached hydrogens (tertiary/aromatic N) is 5. The first-order valence-electron chi connectivity index (χ1n) is 10.1. The topological polar surface area (TPSA) is 101 Å². The van der Waals surface area contributed by atoms with E-state index in [1.165, 1.54) is 4.90 Å². The summed E-state index contributed by atoms with van der Waals surface area (Å²) >= 11 is 0. The van der Waals surface area contributed by atoms with Gasteiger partial charge in [-0.2, -0.15) is 5.26 Å². The number of aryl methyl sites for hydroxylation is 2. The van der Waals surface area contributed by atoms with E-state index in [0.717, 1.165) is 11.3 Å². The third-order valence-corrected chi connectivity index (χ3v) is 5.82. The molecule has 3 amide bonds. The number of amides is 3. The molecule has 8 heteroatoms. The number of aliphatic hydroxyl groups excluding tert-OH is 1. The van der Waals surface area contributed by atoms with Gasteiger partial charge in [0.05, 0.1) is 18.7 Å². The summed E-state index contributed by atoms with van der Waals surface area (Å²) in [4.78, 5) is 35.6. The highest BCUT2D eigenvalue weighted by Gasteiger charge is 2.57. The quantitative estimate of drug-likeness (QED) is 0.758. The van der Waals surface area contributed by atoms with Crippen molar-refractivity contribution in [1.82, 2.24) is 14.8 Å². The zero-order valence-corrected chi connectivity index (χ0v) is 17.6. The number of imide groups is 1. The van der Waals surface area contributed by atoms with Crippen LogP contribution in [0.2, 0.25) is 0 Å². The minimum absolute atomic E-state index is 0.0228. The summed E-state index contributed by atoms with van der Waals surface area (Å²) in [6, 6.07) is 3.83. The second kappa shape index (κ2) is 7.99. The molecule has 8 nitrogen and oxygen atoms in total. The van der Waals surface area contributed by atoms with Crippen LogP contribution < -0.4 is 4.90 Å². The summed E-state index contributed by atoms with van der Waals surface area (Å²) in [5.74, 6) is 0.659. The molecule has 3 rings (SSSR count). The van der Waals surface area contributed by atoms with Crippen molar-refractivity contribution in [2.45, 2.75) is 46.1 Å². The van der Waals surface area contributed by atoms with Gasteiger partial charge >= 0.3 is 6.03 Å². The summed E-state index contributed by atoms with van der Waals surface area (Å²) in [5.41, 5.74) is 1.41. The molecule has 0 aromatic carbocycles. The molecular formula is C21H29N5O3. The number of anilines is 1. The number of aromatic nitrogens is 1. The Kier molecular flexibility index (Phi) is 5.80. The zero-order valence-electron chi connectivity index (χ0n) is 17.6. The van der Waals surface area contributed by atoms with E-state index < -0.39 is 5.54 Å². The monoisotopic (exact) mass is 399 g/mol. The van der Waals surface area contributed by atoms with Gasteiger partial charge in [0.2, 0.25) is 0 Å². The number of hydrogen-bond acceptors (Lipinski definition) is 6. The third-order valence-electron chi connectivity index (χ3n) is 5.82. The highest BCUT2D eigenvalue weighted by molar-refractivity contribution is 6.07. The van der Waals surface area contributed by atoms with Gasteiger partial charge in [0, 0.05) is 25.3 Å². The van der Waals surface area contributed by atoms with E-state index in [2.05, 4.69) is 11.1 Å². The largest absolute Gasteiger partial charge is 0.395 e. The Morgan fingerprint density at radius 2 is 1.93 bits per heavy atom. The van der Waals surface area contributed by atoms with Crippen LogP contribution in [0.5, 0.6) is 0 Å². The van der Waals surface area contributed by atoms with E-state index in [1.807, 2.05) is 38.7 Å². The number of rotatable bonds is 5. The van der Waals surface area contributed by atoms with Crippen LogP contribution in [0.25, 0.3) is 0 Å². The first kappa shape index (κ1) is 21.1. The fraction of sp³-hybridized carbons (Fsp3) is 0.619. The van der Waals surface area contributed by atoms with Crippen molar-refractivity contribution in [3.63, 3.8) is 0 Å². The van der Waals surface area contributed by atoms with Crippen molar-refractivity contribution in [2.75, 3.05) is 37.7 Å². The molecular weight excluding hydrogens is 370 g/mol. The first-order chi connectivity index (χ1) is 13.7. The molecule has 3 heterocycles. The SMILES string of the molecule is Cc1cc(C)c(C#N)c(N2CCC3(CC2)C(=O)N(CCO)C(=O)N3CC(C)C)n1. The maximum atomic E-state index is 13.2. The molecule has 156 valence electrons. The number of urea groups is 1. The fourth-order valence-corrected chi connectivity index (χ4v) is 4.45. The van der Waals surface area contributed by atoms with Gasteiger partial charge in [0.25, 0.3) is 5.91 Å². The van der Waals surface area contributed by atoms with Crippen LogP contribution in [-0.2, 0) is 4.79 Å². The lowest BCUT2D eigenvalue weighted by molar-refractivity contribution is -0.134. The Morgan fingerprint density at radius 3 is 2.48 bits per heavy atom. The Balaban J connectivity index is 1.90. The van der Waals surface area contributed by atoms with E-state index in [0.29, 0.717) is 43.9 Å². The van der Waals surface area contributed by atoms with Crippen molar-refractivity contribution in [1.29, 1.82) is 5.26 Å². The molecule has 2 fully saturated rings. The fourth-order valence-electron chi connectivity index (χ4n) is 4.45. The third kappa shape index (κ3) is 3.55. The van der Waals surface area contributed by atoms with Crippen molar-refractivity contribution in [3.05, 3.63) is 22.9 Å². The summed E-state index contributed by atoms with van der Waals surface area (Å²) in [6.07, 6.45) is 0.956. The van der Waals surface area contributed by atoms with Crippen LogP contribution in [0.1, 0.15) is 43.5 Å². The predicted molar refractivity (Wildman–Crippen MR) is 108 cm³/mol. The lowest BCUT2D eigenvalue weighted by Gasteiger charge is -2.43. The lowest BCUT2D eigenvalue weighted by Crippen LogP contribution is -2.57. The molecule has 2 saturated heterocycles. The molecule has 2 aliphatic heterocycles. The van der Waals surface area contributed by atoms with E-state index in [9.17, 15) is 20.0 Å². The zero-order chi connectivity index (χ0) is 21.3. The average molecular weight is 399 g/mol. The van der Waals surface area contributed by atoms with Crippen LogP contribution in [0.15, 0.2) is 6.07 Å². The molecule has 0 saturated carbocycles. The number of aliphatic hydroxyl groups is 1. The van der Waals surface area contributed by atoms with Gasteiger partial charge < -0.3 is 14.9 Å². The van der Waals surface area contributed by atoms with Gasteiger partial charge in [-0.05, 0) is 44.2 Å². The molecule has 0 atom stereocenters.